The van der Waals surface area contributed by atoms with Gasteiger partial charge in [-0.2, -0.15) is 0 Å². The number of rotatable bonds is 9. The van der Waals surface area contributed by atoms with Crippen LogP contribution in [0.4, 0.5) is 11.4 Å². The fourth-order valence-electron chi connectivity index (χ4n) is 5.19. The first kappa shape index (κ1) is 32.7. The number of carbonyl (C=O) groups is 3. The summed E-state index contributed by atoms with van der Waals surface area (Å²) in [5.74, 6) is -1.03. The van der Waals surface area contributed by atoms with Crippen molar-refractivity contribution in [1.29, 1.82) is 0 Å². The molecule has 0 aromatic heterocycles. The number of hydrogen-bond donors (Lipinski definition) is 3. The molecule has 1 heterocycles. The molecule has 2 atom stereocenters. The van der Waals surface area contributed by atoms with Crippen LogP contribution in [0.25, 0.3) is 5.57 Å². The summed E-state index contributed by atoms with van der Waals surface area (Å²) in [5, 5.41) is 2.87. The molecule has 0 unspecified atom stereocenters. The number of nitrogens with one attached hydrogen (secondary N) is 1. The highest BCUT2D eigenvalue weighted by Crippen LogP contribution is 2.38. The van der Waals surface area contributed by atoms with E-state index in [-0.39, 0.29) is 17.6 Å². The molecule has 44 heavy (non-hydrogen) atoms. The standard InChI is InChI=1S/C33H38N3O7P/c1-23(24-17-19-27(20-18-24)43-44(40,41)42)22-29(37)34-30(33(2,3)4)32(39)35-21-11-16-28(35)31(38)36(25-12-7-5-8-13-25)26-14-9-6-10-15-26/h5-10,12-15,17-20,22,28,30H,11,16,21H2,1-4H3,(H,34,37)(H2,40,41,42)/b23-22+/t28-,30+/m0/s1. The lowest BCUT2D eigenvalue weighted by Crippen LogP contribution is -2.57. The van der Waals surface area contributed by atoms with E-state index in [0.29, 0.717) is 41.9 Å². The van der Waals surface area contributed by atoms with Gasteiger partial charge in [0, 0.05) is 24.0 Å². The van der Waals surface area contributed by atoms with Gasteiger partial charge in [-0.15, -0.1) is 0 Å². The largest absolute Gasteiger partial charge is 0.524 e. The highest BCUT2D eigenvalue weighted by Gasteiger charge is 2.43. The van der Waals surface area contributed by atoms with E-state index in [1.165, 1.54) is 18.2 Å². The molecule has 3 N–H and O–H groups in total. The fourth-order valence-corrected chi connectivity index (χ4v) is 5.58. The van der Waals surface area contributed by atoms with E-state index in [4.69, 9.17) is 9.79 Å². The Morgan fingerprint density at radius 1 is 0.955 bits per heavy atom. The summed E-state index contributed by atoms with van der Waals surface area (Å²) in [5.41, 5.74) is 1.94. The third kappa shape index (κ3) is 8.23. The Balaban J connectivity index is 1.54. The van der Waals surface area contributed by atoms with Crippen LogP contribution in [-0.2, 0) is 18.9 Å². The summed E-state index contributed by atoms with van der Waals surface area (Å²) >= 11 is 0. The summed E-state index contributed by atoms with van der Waals surface area (Å²) in [7, 11) is -4.69. The molecule has 0 spiro atoms. The van der Waals surface area contributed by atoms with Crippen LogP contribution >= 0.6 is 7.82 Å². The zero-order valence-electron chi connectivity index (χ0n) is 25.2. The number of carbonyl (C=O) groups excluding carboxylic acids is 3. The molecular weight excluding hydrogens is 581 g/mol. The van der Waals surface area contributed by atoms with E-state index in [2.05, 4.69) is 9.84 Å². The monoisotopic (exact) mass is 619 g/mol. The van der Waals surface area contributed by atoms with Crippen molar-refractivity contribution in [3.8, 4) is 5.75 Å². The van der Waals surface area contributed by atoms with Crippen molar-refractivity contribution < 1.29 is 33.3 Å². The molecule has 3 aromatic carbocycles. The SMILES string of the molecule is C/C(=C\C(=O)N[C@H](C(=O)N1CCC[C@H]1C(=O)N(c1ccccc1)c1ccccc1)C(C)(C)C)c1ccc(OP(=O)(O)O)cc1. The topological polar surface area (TPSA) is 136 Å². The second-order valence-electron chi connectivity index (χ2n) is 11.8. The first-order chi connectivity index (χ1) is 20.7. The van der Waals surface area contributed by atoms with Crippen LogP contribution in [0.15, 0.2) is 91.0 Å². The second-order valence-corrected chi connectivity index (χ2v) is 12.9. The van der Waals surface area contributed by atoms with Crippen LogP contribution in [0.1, 0.15) is 46.1 Å². The van der Waals surface area contributed by atoms with Crippen molar-refractivity contribution in [2.75, 3.05) is 11.4 Å². The Hall–Kier alpha value is -4.24. The van der Waals surface area contributed by atoms with Gasteiger partial charge in [0.25, 0.3) is 5.91 Å². The van der Waals surface area contributed by atoms with E-state index in [9.17, 15) is 18.9 Å². The predicted octanol–water partition coefficient (Wildman–Crippen LogP) is 5.45. The van der Waals surface area contributed by atoms with Crippen molar-refractivity contribution in [3.63, 3.8) is 0 Å². The number of anilines is 2. The van der Waals surface area contributed by atoms with E-state index in [0.717, 1.165) is 0 Å². The quantitative estimate of drug-likeness (QED) is 0.214. The number of amides is 3. The summed E-state index contributed by atoms with van der Waals surface area (Å²) < 4.78 is 15.6. The number of para-hydroxylation sites is 2. The Labute approximate surface area is 257 Å². The van der Waals surface area contributed by atoms with Gasteiger partial charge in [-0.25, -0.2) is 4.57 Å². The van der Waals surface area contributed by atoms with Crippen LogP contribution < -0.4 is 14.7 Å². The molecule has 4 rings (SSSR count). The van der Waals surface area contributed by atoms with Gasteiger partial charge < -0.3 is 14.7 Å². The number of hydrogen-bond acceptors (Lipinski definition) is 5. The van der Waals surface area contributed by atoms with Crippen molar-refractivity contribution in [2.45, 2.75) is 52.6 Å². The molecule has 1 aliphatic heterocycles. The number of benzene rings is 3. The van der Waals surface area contributed by atoms with Gasteiger partial charge in [0.2, 0.25) is 11.8 Å². The van der Waals surface area contributed by atoms with E-state index >= 15 is 0 Å². The lowest BCUT2D eigenvalue weighted by Gasteiger charge is -2.36. The van der Waals surface area contributed by atoms with Crippen LogP contribution in [0.5, 0.6) is 5.75 Å². The van der Waals surface area contributed by atoms with E-state index in [1.54, 1.807) is 28.9 Å². The molecule has 1 fully saturated rings. The molecule has 0 bridgehead atoms. The molecule has 11 heteroatoms. The number of likely N-dealkylation sites (tertiary alicyclic amines) is 1. The third-order valence-corrected chi connectivity index (χ3v) is 7.80. The summed E-state index contributed by atoms with van der Waals surface area (Å²) in [4.78, 5) is 62.6. The first-order valence-corrected chi connectivity index (χ1v) is 15.9. The predicted molar refractivity (Wildman–Crippen MR) is 169 cm³/mol. The maximum atomic E-state index is 14.1. The normalized spacial score (nSPS) is 16.3. The minimum absolute atomic E-state index is 0.00876. The van der Waals surface area contributed by atoms with E-state index in [1.807, 2.05) is 81.4 Å². The van der Waals surface area contributed by atoms with Crippen LogP contribution in [-0.4, -0.2) is 51.0 Å². The molecule has 232 valence electrons. The number of allylic oxidation sites excluding steroid dienone is 1. The highest BCUT2D eigenvalue weighted by molar-refractivity contribution is 7.46. The van der Waals surface area contributed by atoms with Gasteiger partial charge in [-0.05, 0) is 72.7 Å². The fraction of sp³-hybridized carbons (Fsp3) is 0.303. The van der Waals surface area contributed by atoms with Crippen molar-refractivity contribution in [1.82, 2.24) is 10.2 Å². The van der Waals surface area contributed by atoms with E-state index < -0.39 is 31.2 Å². The molecule has 1 saturated heterocycles. The van der Waals surface area contributed by atoms with Gasteiger partial charge in [-0.3, -0.25) is 29.1 Å². The summed E-state index contributed by atoms with van der Waals surface area (Å²) in [6.07, 6.45) is 2.53. The summed E-state index contributed by atoms with van der Waals surface area (Å²) in [6.45, 7) is 7.69. The Bertz CT molecular complexity index is 1510. The van der Waals surface area contributed by atoms with Crippen molar-refractivity contribution in [2.24, 2.45) is 5.41 Å². The Morgan fingerprint density at radius 3 is 2.00 bits per heavy atom. The smallest absolute Gasteiger partial charge is 0.404 e. The zero-order chi connectivity index (χ0) is 32.1. The average molecular weight is 620 g/mol. The maximum Gasteiger partial charge on any atom is 0.524 e. The molecule has 0 aliphatic carbocycles. The lowest BCUT2D eigenvalue weighted by atomic mass is 9.85. The third-order valence-electron chi connectivity index (χ3n) is 7.35. The van der Waals surface area contributed by atoms with Crippen molar-refractivity contribution in [3.05, 3.63) is 96.6 Å². The number of phosphoric acid groups is 1. The number of nitrogens with zero attached hydrogens (tertiary/aromatic N) is 2. The van der Waals surface area contributed by atoms with Gasteiger partial charge >= 0.3 is 7.82 Å². The molecular formula is C33H38N3O7P. The van der Waals surface area contributed by atoms with Gasteiger partial charge in [0.15, 0.2) is 0 Å². The lowest BCUT2D eigenvalue weighted by molar-refractivity contribution is -0.142. The molecule has 10 nitrogen and oxygen atoms in total. The minimum Gasteiger partial charge on any atom is -0.404 e. The average Bonchev–Trinajstić information content (AvgIpc) is 3.46. The molecule has 0 saturated carbocycles. The molecule has 3 amide bonds. The van der Waals surface area contributed by atoms with Crippen LogP contribution in [0.2, 0.25) is 0 Å². The number of phosphoric ester groups is 1. The Morgan fingerprint density at radius 2 is 1.50 bits per heavy atom. The maximum absolute atomic E-state index is 14.1. The first-order valence-electron chi connectivity index (χ1n) is 14.3. The van der Waals surface area contributed by atoms with Crippen LogP contribution in [0, 0.1) is 5.41 Å². The summed E-state index contributed by atoms with van der Waals surface area (Å²) in [6, 6.07) is 23.0. The second kappa shape index (κ2) is 13.6. The van der Waals surface area contributed by atoms with Crippen LogP contribution in [0.3, 0.4) is 0 Å². The Kier molecular flexibility index (Phi) is 10.1. The van der Waals surface area contributed by atoms with Gasteiger partial charge in [-0.1, -0.05) is 69.3 Å². The molecule has 3 aromatic rings. The molecule has 0 radical (unpaired) electrons. The molecule has 1 aliphatic rings. The van der Waals surface area contributed by atoms with Crippen molar-refractivity contribution >= 4 is 42.5 Å². The minimum atomic E-state index is -4.69. The highest BCUT2D eigenvalue weighted by atomic mass is 31.2. The zero-order valence-corrected chi connectivity index (χ0v) is 26.1. The van der Waals surface area contributed by atoms with Gasteiger partial charge in [0.05, 0.1) is 0 Å². The van der Waals surface area contributed by atoms with Gasteiger partial charge in [0.1, 0.15) is 17.8 Å².